The molecule has 1 heterocycles. The van der Waals surface area contributed by atoms with Crippen LogP contribution in [-0.2, 0) is 13.6 Å². The van der Waals surface area contributed by atoms with Gasteiger partial charge in [0.15, 0.2) is 0 Å². The summed E-state index contributed by atoms with van der Waals surface area (Å²) in [5.74, 6) is 3.98. The molecule has 122 valence electrons. The Bertz CT molecular complexity index is 719. The highest BCUT2D eigenvalue weighted by Gasteiger charge is 2.47. The maximum atomic E-state index is 6.15. The molecule has 4 aliphatic rings. The SMILES string of the molecule is Cn1cc(CNC2C3CC4CC(C3)CC2C4)c2ccc(Cl)cc21. The first-order valence-corrected chi connectivity index (χ1v) is 9.52. The largest absolute Gasteiger partial charge is 0.350 e. The van der Waals surface area contributed by atoms with E-state index in [0.29, 0.717) is 0 Å². The van der Waals surface area contributed by atoms with Crippen LogP contribution in [0.5, 0.6) is 0 Å². The molecule has 0 radical (unpaired) electrons. The summed E-state index contributed by atoms with van der Waals surface area (Å²) >= 11 is 6.15. The summed E-state index contributed by atoms with van der Waals surface area (Å²) < 4.78 is 2.20. The van der Waals surface area contributed by atoms with Gasteiger partial charge in [-0.15, -0.1) is 0 Å². The first-order chi connectivity index (χ1) is 11.2. The lowest BCUT2D eigenvalue weighted by molar-refractivity contribution is -0.0142. The summed E-state index contributed by atoms with van der Waals surface area (Å²) in [6, 6.07) is 7.01. The molecular weight excluding hydrogens is 304 g/mol. The van der Waals surface area contributed by atoms with E-state index in [4.69, 9.17) is 11.6 Å². The van der Waals surface area contributed by atoms with E-state index in [1.54, 1.807) is 0 Å². The van der Waals surface area contributed by atoms with Gasteiger partial charge in [-0.3, -0.25) is 0 Å². The molecule has 4 fully saturated rings. The Kier molecular flexibility index (Phi) is 3.28. The first kappa shape index (κ1) is 14.4. The zero-order chi connectivity index (χ0) is 15.6. The van der Waals surface area contributed by atoms with Crippen molar-refractivity contribution in [3.8, 4) is 0 Å². The van der Waals surface area contributed by atoms with Crippen molar-refractivity contribution < 1.29 is 0 Å². The fourth-order valence-corrected chi connectivity index (χ4v) is 6.23. The van der Waals surface area contributed by atoms with Gasteiger partial charge in [0.2, 0.25) is 0 Å². The van der Waals surface area contributed by atoms with Crippen LogP contribution in [-0.4, -0.2) is 10.6 Å². The minimum Gasteiger partial charge on any atom is -0.350 e. The molecule has 6 rings (SSSR count). The molecule has 1 aromatic carbocycles. The molecule has 0 amide bonds. The molecule has 0 aliphatic heterocycles. The first-order valence-electron chi connectivity index (χ1n) is 9.14. The Morgan fingerprint density at radius 1 is 1.09 bits per heavy atom. The number of fused-ring (bicyclic) bond motifs is 1. The molecule has 0 saturated heterocycles. The number of rotatable bonds is 3. The lowest BCUT2D eigenvalue weighted by Crippen LogP contribution is -2.54. The van der Waals surface area contributed by atoms with E-state index in [9.17, 15) is 0 Å². The van der Waals surface area contributed by atoms with Gasteiger partial charge in [-0.2, -0.15) is 0 Å². The smallest absolute Gasteiger partial charge is 0.0495 e. The van der Waals surface area contributed by atoms with Gasteiger partial charge in [-0.25, -0.2) is 0 Å². The summed E-state index contributed by atoms with van der Waals surface area (Å²) in [5, 5.41) is 6.11. The van der Waals surface area contributed by atoms with Crippen molar-refractivity contribution in [1.82, 2.24) is 9.88 Å². The average Bonchev–Trinajstić information content (AvgIpc) is 2.82. The molecule has 1 aromatic heterocycles. The van der Waals surface area contributed by atoms with Crippen molar-refractivity contribution >= 4 is 22.5 Å². The minimum atomic E-state index is 0.755. The lowest BCUT2D eigenvalue weighted by Gasteiger charge is -2.54. The normalized spacial score (nSPS) is 35.3. The Morgan fingerprint density at radius 2 is 1.78 bits per heavy atom. The van der Waals surface area contributed by atoms with E-state index in [1.165, 1.54) is 48.6 Å². The van der Waals surface area contributed by atoms with Gasteiger partial charge in [0.05, 0.1) is 0 Å². The van der Waals surface area contributed by atoms with Crippen molar-refractivity contribution in [3.05, 3.63) is 35.0 Å². The van der Waals surface area contributed by atoms with Crippen LogP contribution in [0.25, 0.3) is 10.9 Å². The van der Waals surface area contributed by atoms with E-state index >= 15 is 0 Å². The Balaban J connectivity index is 1.37. The molecular formula is C20H25ClN2. The van der Waals surface area contributed by atoms with Crippen molar-refractivity contribution in [2.45, 2.75) is 44.7 Å². The van der Waals surface area contributed by atoms with Crippen LogP contribution in [0.2, 0.25) is 5.02 Å². The van der Waals surface area contributed by atoms with Gasteiger partial charge in [-0.05, 0) is 73.5 Å². The molecule has 2 nitrogen and oxygen atoms in total. The third-order valence-electron chi connectivity index (χ3n) is 6.79. The summed E-state index contributed by atoms with van der Waals surface area (Å²) in [6.45, 7) is 0.992. The molecule has 3 heteroatoms. The Labute approximate surface area is 143 Å². The van der Waals surface area contributed by atoms with E-state index in [2.05, 4.69) is 35.3 Å². The quantitative estimate of drug-likeness (QED) is 0.860. The predicted molar refractivity (Wildman–Crippen MR) is 95.6 cm³/mol. The van der Waals surface area contributed by atoms with Crippen molar-refractivity contribution in [3.63, 3.8) is 0 Å². The van der Waals surface area contributed by atoms with Gasteiger partial charge >= 0.3 is 0 Å². The van der Waals surface area contributed by atoms with Crippen LogP contribution in [0.4, 0.5) is 0 Å². The Hall–Kier alpha value is -0.990. The predicted octanol–water partition coefficient (Wildman–Crippen LogP) is 4.75. The summed E-state index contributed by atoms with van der Waals surface area (Å²) in [7, 11) is 2.12. The van der Waals surface area contributed by atoms with Gasteiger partial charge in [0, 0.05) is 41.8 Å². The third kappa shape index (κ3) is 2.34. The van der Waals surface area contributed by atoms with Gasteiger partial charge in [0.1, 0.15) is 0 Å². The van der Waals surface area contributed by atoms with Crippen LogP contribution >= 0.6 is 11.6 Å². The number of hydrogen-bond donors (Lipinski definition) is 1. The second kappa shape index (κ2) is 5.26. The van der Waals surface area contributed by atoms with Crippen molar-refractivity contribution in [2.24, 2.45) is 30.7 Å². The monoisotopic (exact) mass is 328 g/mol. The third-order valence-corrected chi connectivity index (χ3v) is 7.03. The number of nitrogens with one attached hydrogen (secondary N) is 1. The highest BCUT2D eigenvalue weighted by atomic mass is 35.5. The van der Waals surface area contributed by atoms with Crippen LogP contribution in [0.1, 0.15) is 37.7 Å². The molecule has 1 N–H and O–H groups in total. The second-order valence-corrected chi connectivity index (χ2v) is 8.70. The van der Waals surface area contributed by atoms with Crippen molar-refractivity contribution in [2.75, 3.05) is 0 Å². The average molecular weight is 329 g/mol. The van der Waals surface area contributed by atoms with Crippen LogP contribution in [0.3, 0.4) is 0 Å². The van der Waals surface area contributed by atoms with Gasteiger partial charge < -0.3 is 9.88 Å². The maximum absolute atomic E-state index is 6.15. The molecule has 0 atom stereocenters. The van der Waals surface area contributed by atoms with Crippen molar-refractivity contribution in [1.29, 1.82) is 0 Å². The van der Waals surface area contributed by atoms with Crippen LogP contribution < -0.4 is 5.32 Å². The van der Waals surface area contributed by atoms with Gasteiger partial charge in [-0.1, -0.05) is 17.7 Å². The number of benzene rings is 1. The summed E-state index contributed by atoms with van der Waals surface area (Å²) in [6.07, 6.45) is 9.73. The summed E-state index contributed by atoms with van der Waals surface area (Å²) in [5.41, 5.74) is 2.65. The number of hydrogen-bond acceptors (Lipinski definition) is 1. The lowest BCUT2D eigenvalue weighted by atomic mass is 9.54. The fraction of sp³-hybridized carbons (Fsp3) is 0.600. The molecule has 23 heavy (non-hydrogen) atoms. The maximum Gasteiger partial charge on any atom is 0.0495 e. The zero-order valence-corrected chi connectivity index (χ0v) is 14.5. The highest BCUT2D eigenvalue weighted by Crippen LogP contribution is 2.53. The fourth-order valence-electron chi connectivity index (χ4n) is 6.07. The number of nitrogens with zero attached hydrogens (tertiary/aromatic N) is 1. The highest BCUT2D eigenvalue weighted by molar-refractivity contribution is 6.31. The molecule has 4 saturated carbocycles. The number of aromatic nitrogens is 1. The zero-order valence-electron chi connectivity index (χ0n) is 13.8. The summed E-state index contributed by atoms with van der Waals surface area (Å²) in [4.78, 5) is 0. The second-order valence-electron chi connectivity index (χ2n) is 8.26. The molecule has 2 aromatic rings. The van der Waals surface area contributed by atoms with Gasteiger partial charge in [0.25, 0.3) is 0 Å². The van der Waals surface area contributed by atoms with E-state index in [0.717, 1.165) is 41.3 Å². The molecule has 4 aliphatic carbocycles. The van der Waals surface area contributed by atoms with E-state index in [-0.39, 0.29) is 0 Å². The number of aryl methyl sites for hydroxylation is 1. The topological polar surface area (TPSA) is 17.0 Å². The van der Waals surface area contributed by atoms with Crippen LogP contribution in [0, 0.1) is 23.7 Å². The molecule has 0 unspecified atom stereocenters. The minimum absolute atomic E-state index is 0.755. The number of halogens is 1. The van der Waals surface area contributed by atoms with E-state index < -0.39 is 0 Å². The van der Waals surface area contributed by atoms with E-state index in [1.807, 2.05) is 6.07 Å². The molecule has 0 spiro atoms. The van der Waals surface area contributed by atoms with Crippen LogP contribution in [0.15, 0.2) is 24.4 Å². The standard InChI is InChI=1S/C20H25ClN2/c1-23-11-16(18-3-2-17(21)9-19(18)23)10-22-20-14-5-12-4-13(7-14)8-15(20)6-12/h2-3,9,11-15,20,22H,4-8,10H2,1H3. The molecule has 4 bridgehead atoms. The Morgan fingerprint density at radius 3 is 2.48 bits per heavy atom.